The van der Waals surface area contributed by atoms with E-state index < -0.39 is 15.4 Å². The Morgan fingerprint density at radius 2 is 2.25 bits per heavy atom. The number of halogens is 1. The second-order valence-corrected chi connectivity index (χ2v) is 7.92. The van der Waals surface area contributed by atoms with Crippen LogP contribution in [0.2, 0.25) is 0 Å². The van der Waals surface area contributed by atoms with Crippen molar-refractivity contribution in [3.05, 3.63) is 18.3 Å². The van der Waals surface area contributed by atoms with Gasteiger partial charge in [0.25, 0.3) is 0 Å². The maximum Gasteiger partial charge on any atom is 0.179 e. The number of anilines is 1. The van der Waals surface area contributed by atoms with Crippen LogP contribution in [-0.4, -0.2) is 50.3 Å². The molecule has 2 heterocycles. The number of alkyl halides is 1. The van der Waals surface area contributed by atoms with E-state index >= 15 is 0 Å². The molecule has 0 saturated carbocycles. The van der Waals surface area contributed by atoms with Gasteiger partial charge in [-0.05, 0) is 26.0 Å². The summed E-state index contributed by atoms with van der Waals surface area (Å²) in [7, 11) is -3.32. The van der Waals surface area contributed by atoms with Gasteiger partial charge in [0.2, 0.25) is 0 Å². The quantitative estimate of drug-likeness (QED) is 0.794. The first-order valence-electron chi connectivity index (χ1n) is 6.37. The first kappa shape index (κ1) is 15.5. The van der Waals surface area contributed by atoms with E-state index in [0.29, 0.717) is 24.8 Å². The highest BCUT2D eigenvalue weighted by Gasteiger charge is 2.35. The number of ether oxygens (including phenoxy) is 1. The molecule has 1 aromatic rings. The Balaban J connectivity index is 2.41. The Hall–Kier alpha value is -0.850. The van der Waals surface area contributed by atoms with Crippen molar-refractivity contribution in [2.24, 2.45) is 0 Å². The van der Waals surface area contributed by atoms with Crippen LogP contribution in [-0.2, 0) is 14.6 Å². The summed E-state index contributed by atoms with van der Waals surface area (Å²) in [5, 5.41) is 0. The average molecular weight is 319 g/mol. The predicted molar refractivity (Wildman–Crippen MR) is 79.2 cm³/mol. The molecule has 0 N–H and O–H groups in total. The number of rotatable bonds is 3. The van der Waals surface area contributed by atoms with Gasteiger partial charge in [0, 0.05) is 25.5 Å². The van der Waals surface area contributed by atoms with Gasteiger partial charge >= 0.3 is 0 Å². The molecule has 1 aliphatic heterocycles. The fraction of sp³-hybridized carbons (Fsp3) is 0.615. The third-order valence-electron chi connectivity index (χ3n) is 3.10. The Morgan fingerprint density at radius 3 is 2.85 bits per heavy atom. The maximum atomic E-state index is 11.9. The van der Waals surface area contributed by atoms with Gasteiger partial charge in [-0.25, -0.2) is 13.4 Å². The van der Waals surface area contributed by atoms with E-state index in [1.165, 1.54) is 6.26 Å². The molecular formula is C13H19ClN2O3S. The lowest BCUT2D eigenvalue weighted by Gasteiger charge is -2.43. The first-order valence-corrected chi connectivity index (χ1v) is 8.79. The number of nitrogens with zero attached hydrogens (tertiary/aromatic N) is 2. The van der Waals surface area contributed by atoms with Crippen molar-refractivity contribution in [2.75, 3.05) is 30.1 Å². The van der Waals surface area contributed by atoms with Gasteiger partial charge in [-0.2, -0.15) is 0 Å². The number of pyridine rings is 1. The zero-order valence-electron chi connectivity index (χ0n) is 11.8. The van der Waals surface area contributed by atoms with Crippen molar-refractivity contribution >= 4 is 27.3 Å². The lowest BCUT2D eigenvalue weighted by molar-refractivity contribution is -0.0737. The van der Waals surface area contributed by atoms with Crippen LogP contribution in [0.1, 0.15) is 13.8 Å². The molecule has 1 atom stereocenters. The molecule has 112 valence electrons. The summed E-state index contributed by atoms with van der Waals surface area (Å²) < 4.78 is 29.6. The molecule has 5 nitrogen and oxygen atoms in total. The van der Waals surface area contributed by atoms with Crippen molar-refractivity contribution < 1.29 is 13.2 Å². The average Bonchev–Trinajstić information content (AvgIpc) is 2.35. The van der Waals surface area contributed by atoms with E-state index in [4.69, 9.17) is 16.3 Å². The van der Waals surface area contributed by atoms with Crippen molar-refractivity contribution in [3.63, 3.8) is 0 Å². The van der Waals surface area contributed by atoms with Crippen LogP contribution in [0.4, 0.5) is 5.82 Å². The van der Waals surface area contributed by atoms with Crippen LogP contribution in [0.5, 0.6) is 0 Å². The Kier molecular flexibility index (Phi) is 4.27. The third-order valence-corrected chi connectivity index (χ3v) is 4.57. The first-order chi connectivity index (χ1) is 9.23. The summed E-state index contributed by atoms with van der Waals surface area (Å²) in [6.07, 6.45) is 2.65. The molecule has 2 rings (SSSR count). The van der Waals surface area contributed by atoms with Crippen molar-refractivity contribution in [2.45, 2.75) is 30.4 Å². The molecule has 0 aliphatic carbocycles. The monoisotopic (exact) mass is 318 g/mol. The van der Waals surface area contributed by atoms with Gasteiger partial charge in [-0.1, -0.05) is 0 Å². The van der Waals surface area contributed by atoms with E-state index in [9.17, 15) is 8.42 Å². The lowest BCUT2D eigenvalue weighted by Crippen LogP contribution is -2.54. The van der Waals surface area contributed by atoms with Crippen LogP contribution in [0.25, 0.3) is 0 Å². The number of sulfone groups is 1. The lowest BCUT2D eigenvalue weighted by atomic mass is 10.1. The number of hydrogen-bond donors (Lipinski definition) is 0. The summed E-state index contributed by atoms with van der Waals surface area (Å²) >= 11 is 5.90. The molecule has 1 aromatic heterocycles. The van der Waals surface area contributed by atoms with E-state index in [0.717, 1.165) is 0 Å². The molecule has 20 heavy (non-hydrogen) atoms. The maximum absolute atomic E-state index is 11.9. The smallest absolute Gasteiger partial charge is 0.179 e. The summed E-state index contributed by atoms with van der Waals surface area (Å²) in [6.45, 7) is 5.02. The summed E-state index contributed by atoms with van der Waals surface area (Å²) in [6, 6.07) is 3.21. The molecule has 0 aromatic carbocycles. The SMILES string of the molecule is CC1(C)CN(c2ncccc2S(C)(=O)=O)CC(CCl)O1. The molecule has 7 heteroatoms. The van der Waals surface area contributed by atoms with Crippen LogP contribution in [0.15, 0.2) is 23.2 Å². The van der Waals surface area contributed by atoms with Crippen molar-refractivity contribution in [1.29, 1.82) is 0 Å². The third kappa shape index (κ3) is 3.42. The summed E-state index contributed by atoms with van der Waals surface area (Å²) in [5.74, 6) is 0.836. The largest absolute Gasteiger partial charge is 0.367 e. The fourth-order valence-corrected chi connectivity index (χ4v) is 3.45. The molecule has 1 unspecified atom stereocenters. The van der Waals surface area contributed by atoms with Crippen LogP contribution >= 0.6 is 11.6 Å². The van der Waals surface area contributed by atoms with Gasteiger partial charge in [-0.15, -0.1) is 11.6 Å². The zero-order chi connectivity index (χ0) is 15.0. The zero-order valence-corrected chi connectivity index (χ0v) is 13.4. The summed E-state index contributed by atoms with van der Waals surface area (Å²) in [5.41, 5.74) is -0.399. The highest BCUT2D eigenvalue weighted by Crippen LogP contribution is 2.29. The highest BCUT2D eigenvalue weighted by molar-refractivity contribution is 7.90. The van der Waals surface area contributed by atoms with E-state index in [1.54, 1.807) is 18.3 Å². The molecule has 0 bridgehead atoms. The second kappa shape index (κ2) is 5.50. The predicted octanol–water partition coefficient (Wildman–Crippen LogP) is 1.71. The van der Waals surface area contributed by atoms with Gasteiger partial charge < -0.3 is 9.64 Å². The molecule has 0 spiro atoms. The van der Waals surface area contributed by atoms with Gasteiger partial charge in [-0.3, -0.25) is 0 Å². The summed E-state index contributed by atoms with van der Waals surface area (Å²) in [4.78, 5) is 6.43. The topological polar surface area (TPSA) is 59.5 Å². The minimum atomic E-state index is -3.32. The normalized spacial score (nSPS) is 22.8. The standard InChI is InChI=1S/C13H19ClN2O3S/c1-13(2)9-16(8-10(7-14)19-13)12-11(20(3,17)18)5-4-6-15-12/h4-6,10H,7-9H2,1-3H3. The molecule has 0 amide bonds. The van der Waals surface area contributed by atoms with E-state index in [-0.39, 0.29) is 11.0 Å². The second-order valence-electron chi connectivity index (χ2n) is 5.63. The Labute approximate surface area is 124 Å². The molecule has 1 fully saturated rings. The number of hydrogen-bond acceptors (Lipinski definition) is 5. The van der Waals surface area contributed by atoms with E-state index in [1.807, 2.05) is 18.7 Å². The van der Waals surface area contributed by atoms with Gasteiger partial charge in [0.05, 0.1) is 17.6 Å². The molecule has 1 saturated heterocycles. The van der Waals surface area contributed by atoms with Crippen molar-refractivity contribution in [3.8, 4) is 0 Å². The van der Waals surface area contributed by atoms with Crippen LogP contribution < -0.4 is 4.90 Å². The van der Waals surface area contributed by atoms with Crippen LogP contribution in [0.3, 0.4) is 0 Å². The van der Waals surface area contributed by atoms with Gasteiger partial charge in [0.1, 0.15) is 10.7 Å². The molecule has 1 aliphatic rings. The molecule has 0 radical (unpaired) electrons. The fourth-order valence-electron chi connectivity index (χ4n) is 2.45. The minimum Gasteiger partial charge on any atom is -0.367 e. The number of morpholine rings is 1. The Bertz CT molecular complexity index is 589. The van der Waals surface area contributed by atoms with Crippen molar-refractivity contribution in [1.82, 2.24) is 4.98 Å². The highest BCUT2D eigenvalue weighted by atomic mass is 35.5. The minimum absolute atomic E-state index is 0.144. The van der Waals surface area contributed by atoms with Crippen LogP contribution in [0, 0.1) is 0 Å². The Morgan fingerprint density at radius 1 is 1.55 bits per heavy atom. The van der Waals surface area contributed by atoms with Gasteiger partial charge in [0.15, 0.2) is 9.84 Å². The molecular weight excluding hydrogens is 300 g/mol. The van der Waals surface area contributed by atoms with E-state index in [2.05, 4.69) is 4.98 Å². The number of aromatic nitrogens is 1.